The predicted molar refractivity (Wildman–Crippen MR) is 84.3 cm³/mol. The Hall–Kier alpha value is -2.46. The van der Waals surface area contributed by atoms with Crippen LogP contribution >= 0.6 is 11.6 Å². The van der Waals surface area contributed by atoms with Gasteiger partial charge >= 0.3 is 0 Å². The zero-order valence-electron chi connectivity index (χ0n) is 11.3. The van der Waals surface area contributed by atoms with Crippen LogP contribution in [-0.4, -0.2) is 19.5 Å². The molecule has 0 amide bonds. The fourth-order valence-electron chi connectivity index (χ4n) is 2.52. The Kier molecular flexibility index (Phi) is 2.65. The van der Waals surface area contributed by atoms with Crippen molar-refractivity contribution >= 4 is 33.7 Å². The summed E-state index contributed by atoms with van der Waals surface area (Å²) in [5.41, 5.74) is 4.26. The van der Waals surface area contributed by atoms with E-state index in [0.29, 0.717) is 5.02 Å². The Bertz CT molecular complexity index is 975. The number of rotatable bonds is 1. The standard InChI is InChI=1S/C16H11ClN4/c1-21-7-4-10-2-3-13(20-16(10)21)12-8-11(17)9-14-15(12)19-6-5-18-14/h2-9H,1H3. The molecule has 0 unspecified atom stereocenters. The van der Waals surface area contributed by atoms with E-state index in [0.717, 1.165) is 33.3 Å². The van der Waals surface area contributed by atoms with Crippen molar-refractivity contribution < 1.29 is 0 Å². The molecule has 0 spiro atoms. The van der Waals surface area contributed by atoms with Crippen LogP contribution in [0, 0.1) is 0 Å². The second-order valence-electron chi connectivity index (χ2n) is 4.91. The van der Waals surface area contributed by atoms with Gasteiger partial charge in [-0.25, -0.2) is 4.98 Å². The molecular weight excluding hydrogens is 284 g/mol. The van der Waals surface area contributed by atoms with Gasteiger partial charge in [-0.1, -0.05) is 11.6 Å². The Labute approximate surface area is 126 Å². The maximum Gasteiger partial charge on any atom is 0.140 e. The topological polar surface area (TPSA) is 43.6 Å². The van der Waals surface area contributed by atoms with Crippen molar-refractivity contribution in [1.82, 2.24) is 19.5 Å². The van der Waals surface area contributed by atoms with Crippen molar-refractivity contribution in [1.29, 1.82) is 0 Å². The van der Waals surface area contributed by atoms with Crippen molar-refractivity contribution in [3.05, 3.63) is 53.9 Å². The van der Waals surface area contributed by atoms with E-state index in [4.69, 9.17) is 16.6 Å². The lowest BCUT2D eigenvalue weighted by molar-refractivity contribution is 0.949. The van der Waals surface area contributed by atoms with Crippen molar-refractivity contribution in [2.75, 3.05) is 0 Å². The van der Waals surface area contributed by atoms with E-state index in [1.807, 2.05) is 42.1 Å². The number of benzene rings is 1. The summed E-state index contributed by atoms with van der Waals surface area (Å²) in [7, 11) is 1.98. The van der Waals surface area contributed by atoms with E-state index in [9.17, 15) is 0 Å². The lowest BCUT2D eigenvalue weighted by Crippen LogP contribution is -1.93. The number of hydrogen-bond acceptors (Lipinski definition) is 3. The van der Waals surface area contributed by atoms with Gasteiger partial charge in [0, 0.05) is 41.6 Å². The van der Waals surface area contributed by atoms with Crippen molar-refractivity contribution in [3.8, 4) is 11.3 Å². The largest absolute Gasteiger partial charge is 0.336 e. The number of aromatic nitrogens is 4. The highest BCUT2D eigenvalue weighted by atomic mass is 35.5. The molecule has 4 rings (SSSR count). The van der Waals surface area contributed by atoms with Crippen molar-refractivity contribution in [3.63, 3.8) is 0 Å². The molecule has 0 atom stereocenters. The molecule has 0 fully saturated rings. The van der Waals surface area contributed by atoms with E-state index in [2.05, 4.69) is 16.0 Å². The molecule has 0 saturated carbocycles. The van der Waals surface area contributed by atoms with Gasteiger partial charge in [-0.15, -0.1) is 0 Å². The van der Waals surface area contributed by atoms with Crippen molar-refractivity contribution in [2.24, 2.45) is 7.05 Å². The van der Waals surface area contributed by atoms with E-state index in [1.165, 1.54) is 0 Å². The average molecular weight is 295 g/mol. The average Bonchev–Trinajstić information content (AvgIpc) is 2.87. The first kappa shape index (κ1) is 12.3. The Morgan fingerprint density at radius 3 is 2.81 bits per heavy atom. The second kappa shape index (κ2) is 4.53. The summed E-state index contributed by atoms with van der Waals surface area (Å²) in [5.74, 6) is 0. The quantitative estimate of drug-likeness (QED) is 0.536. The molecule has 0 bridgehead atoms. The third-order valence-corrected chi connectivity index (χ3v) is 3.75. The van der Waals surface area contributed by atoms with Crippen LogP contribution in [0.4, 0.5) is 0 Å². The molecule has 102 valence electrons. The zero-order valence-corrected chi connectivity index (χ0v) is 12.0. The van der Waals surface area contributed by atoms with Crippen LogP contribution in [0.5, 0.6) is 0 Å². The van der Waals surface area contributed by atoms with Crippen LogP contribution in [0.15, 0.2) is 48.9 Å². The van der Waals surface area contributed by atoms with Gasteiger partial charge in [-0.2, -0.15) is 0 Å². The summed E-state index contributed by atoms with van der Waals surface area (Å²) in [4.78, 5) is 13.5. The van der Waals surface area contributed by atoms with Crippen LogP contribution in [0.1, 0.15) is 0 Å². The molecule has 0 aliphatic rings. The molecule has 0 saturated heterocycles. The smallest absolute Gasteiger partial charge is 0.140 e. The van der Waals surface area contributed by atoms with Crippen LogP contribution < -0.4 is 0 Å². The van der Waals surface area contributed by atoms with E-state index < -0.39 is 0 Å². The fraction of sp³-hybridized carbons (Fsp3) is 0.0625. The van der Waals surface area contributed by atoms with Gasteiger partial charge < -0.3 is 4.57 Å². The molecule has 0 radical (unpaired) electrons. The van der Waals surface area contributed by atoms with Gasteiger partial charge in [0.1, 0.15) is 5.65 Å². The molecule has 3 aromatic heterocycles. The minimum Gasteiger partial charge on any atom is -0.336 e. The maximum absolute atomic E-state index is 6.20. The van der Waals surface area contributed by atoms with Gasteiger partial charge in [0.25, 0.3) is 0 Å². The summed E-state index contributed by atoms with van der Waals surface area (Å²) in [6.45, 7) is 0. The van der Waals surface area contributed by atoms with Gasteiger partial charge in [0.15, 0.2) is 0 Å². The fourth-order valence-corrected chi connectivity index (χ4v) is 2.73. The molecule has 4 nitrogen and oxygen atoms in total. The lowest BCUT2D eigenvalue weighted by Gasteiger charge is -2.06. The van der Waals surface area contributed by atoms with Crippen LogP contribution in [-0.2, 0) is 7.05 Å². The van der Waals surface area contributed by atoms with E-state index in [1.54, 1.807) is 12.4 Å². The third-order valence-electron chi connectivity index (χ3n) is 3.53. The molecular formula is C16H11ClN4. The van der Waals surface area contributed by atoms with Crippen molar-refractivity contribution in [2.45, 2.75) is 0 Å². The number of nitrogens with zero attached hydrogens (tertiary/aromatic N) is 4. The number of pyridine rings is 1. The lowest BCUT2D eigenvalue weighted by atomic mass is 10.1. The molecule has 21 heavy (non-hydrogen) atoms. The van der Waals surface area contributed by atoms with E-state index >= 15 is 0 Å². The molecule has 4 aromatic rings. The Balaban J connectivity index is 2.05. The van der Waals surface area contributed by atoms with Gasteiger partial charge in [0.2, 0.25) is 0 Å². The maximum atomic E-state index is 6.20. The summed E-state index contributed by atoms with van der Waals surface area (Å²) < 4.78 is 2.00. The minimum atomic E-state index is 0.631. The van der Waals surface area contributed by atoms with Crippen LogP contribution in [0.3, 0.4) is 0 Å². The SMILES string of the molecule is Cn1ccc2ccc(-c3cc(Cl)cc4nccnc34)nc21. The van der Waals surface area contributed by atoms with Crippen LogP contribution in [0.25, 0.3) is 33.3 Å². The molecule has 3 heterocycles. The normalized spacial score (nSPS) is 11.3. The zero-order chi connectivity index (χ0) is 14.4. The summed E-state index contributed by atoms with van der Waals surface area (Å²) >= 11 is 6.20. The molecule has 0 aliphatic carbocycles. The summed E-state index contributed by atoms with van der Waals surface area (Å²) in [5, 5.41) is 1.74. The first-order valence-corrected chi connectivity index (χ1v) is 6.93. The minimum absolute atomic E-state index is 0.631. The van der Waals surface area contributed by atoms with Crippen LogP contribution in [0.2, 0.25) is 5.02 Å². The molecule has 5 heteroatoms. The third kappa shape index (κ3) is 1.96. The highest BCUT2D eigenvalue weighted by Crippen LogP contribution is 2.29. The molecule has 1 aromatic carbocycles. The number of hydrogen-bond donors (Lipinski definition) is 0. The number of halogens is 1. The van der Waals surface area contributed by atoms with Gasteiger partial charge in [0.05, 0.1) is 16.7 Å². The first-order valence-electron chi connectivity index (χ1n) is 6.55. The molecule has 0 aliphatic heterocycles. The second-order valence-corrected chi connectivity index (χ2v) is 5.35. The Morgan fingerprint density at radius 2 is 1.90 bits per heavy atom. The first-order chi connectivity index (χ1) is 10.2. The van der Waals surface area contributed by atoms with Gasteiger partial charge in [-0.3, -0.25) is 9.97 Å². The number of fused-ring (bicyclic) bond motifs is 2. The van der Waals surface area contributed by atoms with E-state index in [-0.39, 0.29) is 0 Å². The Morgan fingerprint density at radius 1 is 1.05 bits per heavy atom. The van der Waals surface area contributed by atoms with Gasteiger partial charge in [-0.05, 0) is 30.3 Å². The monoisotopic (exact) mass is 294 g/mol. The highest BCUT2D eigenvalue weighted by molar-refractivity contribution is 6.31. The number of aryl methyl sites for hydroxylation is 1. The molecule has 0 N–H and O–H groups in total. The highest BCUT2D eigenvalue weighted by Gasteiger charge is 2.10. The summed E-state index contributed by atoms with van der Waals surface area (Å²) in [6, 6.07) is 9.79. The predicted octanol–water partition coefficient (Wildman–Crippen LogP) is 3.84. The summed E-state index contributed by atoms with van der Waals surface area (Å²) in [6.07, 6.45) is 5.34.